The van der Waals surface area contributed by atoms with Crippen LogP contribution in [0.2, 0.25) is 0 Å². The van der Waals surface area contributed by atoms with Crippen LogP contribution in [0.5, 0.6) is 0 Å². The molecule has 0 aromatic heterocycles. The van der Waals surface area contributed by atoms with E-state index in [9.17, 15) is 14.4 Å². The fourth-order valence-corrected chi connectivity index (χ4v) is 2.36. The molecule has 1 heterocycles. The van der Waals surface area contributed by atoms with Crippen LogP contribution in [-0.4, -0.2) is 40.7 Å². The van der Waals surface area contributed by atoms with Crippen LogP contribution in [0.1, 0.15) is 33.6 Å². The molecule has 0 aromatic rings. The van der Waals surface area contributed by atoms with Gasteiger partial charge in [0.15, 0.2) is 0 Å². The Kier molecular flexibility index (Phi) is 2.72. The third-order valence-electron chi connectivity index (χ3n) is 3.15. The molecule has 17 heavy (non-hydrogen) atoms. The van der Waals surface area contributed by atoms with Crippen molar-refractivity contribution in [3.05, 3.63) is 0 Å². The number of likely N-dealkylation sites (tertiary alicyclic amines) is 1. The standard InChI is InChI=1S/C12H17NO4/c1-12(2,3)17-11(16)13-5-4-7-6-8(13)10(15)9(7)14/h7-8H,4-6H2,1-3H3/t7-,8+/m0/s1. The summed E-state index contributed by atoms with van der Waals surface area (Å²) in [6.07, 6.45) is 0.543. The van der Waals surface area contributed by atoms with Gasteiger partial charge < -0.3 is 4.74 Å². The Balaban J connectivity index is 2.11. The van der Waals surface area contributed by atoms with E-state index in [1.165, 1.54) is 4.90 Å². The Labute approximate surface area is 100 Å². The number of amides is 1. The molecule has 0 aromatic carbocycles. The second kappa shape index (κ2) is 3.82. The molecule has 5 heteroatoms. The lowest BCUT2D eigenvalue weighted by Crippen LogP contribution is -2.47. The molecule has 1 saturated carbocycles. The first-order valence-corrected chi connectivity index (χ1v) is 5.87. The van der Waals surface area contributed by atoms with Crippen molar-refractivity contribution in [3.63, 3.8) is 0 Å². The molecule has 2 rings (SSSR count). The molecular weight excluding hydrogens is 222 g/mol. The molecular formula is C12H17NO4. The predicted molar refractivity (Wildman–Crippen MR) is 59.5 cm³/mol. The first-order valence-electron chi connectivity index (χ1n) is 5.87. The summed E-state index contributed by atoms with van der Waals surface area (Å²) in [6, 6.07) is -0.587. The average molecular weight is 239 g/mol. The van der Waals surface area contributed by atoms with Crippen molar-refractivity contribution in [2.75, 3.05) is 6.54 Å². The minimum Gasteiger partial charge on any atom is -0.444 e. The van der Waals surface area contributed by atoms with Gasteiger partial charge in [0, 0.05) is 12.5 Å². The van der Waals surface area contributed by atoms with Crippen LogP contribution in [-0.2, 0) is 14.3 Å². The molecule has 5 nitrogen and oxygen atoms in total. The van der Waals surface area contributed by atoms with Crippen LogP contribution in [0.3, 0.4) is 0 Å². The Bertz CT molecular complexity index is 382. The monoisotopic (exact) mass is 239 g/mol. The van der Waals surface area contributed by atoms with E-state index in [2.05, 4.69) is 0 Å². The third kappa shape index (κ3) is 2.18. The Morgan fingerprint density at radius 3 is 2.53 bits per heavy atom. The van der Waals surface area contributed by atoms with Crippen molar-refractivity contribution in [3.8, 4) is 0 Å². The van der Waals surface area contributed by atoms with E-state index in [0.29, 0.717) is 19.4 Å². The summed E-state index contributed by atoms with van der Waals surface area (Å²) in [5.74, 6) is -0.925. The molecule has 2 bridgehead atoms. The fraction of sp³-hybridized carbons (Fsp3) is 0.750. The molecule has 94 valence electrons. The van der Waals surface area contributed by atoms with Gasteiger partial charge in [0.1, 0.15) is 11.6 Å². The van der Waals surface area contributed by atoms with Crippen molar-refractivity contribution < 1.29 is 19.1 Å². The van der Waals surface area contributed by atoms with Crippen molar-refractivity contribution in [1.82, 2.24) is 4.90 Å². The highest BCUT2D eigenvalue weighted by Crippen LogP contribution is 2.32. The summed E-state index contributed by atoms with van der Waals surface area (Å²) >= 11 is 0. The number of Topliss-reactive ketones (excluding diaryl/α,β-unsaturated/α-hetero) is 2. The smallest absolute Gasteiger partial charge is 0.410 e. The molecule has 0 unspecified atom stereocenters. The highest BCUT2D eigenvalue weighted by Gasteiger charge is 2.49. The van der Waals surface area contributed by atoms with E-state index in [1.54, 1.807) is 20.8 Å². The fourth-order valence-electron chi connectivity index (χ4n) is 2.36. The van der Waals surface area contributed by atoms with E-state index in [-0.39, 0.29) is 11.7 Å². The number of ether oxygens (including phenoxy) is 1. The first-order chi connectivity index (χ1) is 7.79. The molecule has 1 aliphatic heterocycles. The van der Waals surface area contributed by atoms with Crippen molar-refractivity contribution >= 4 is 17.7 Å². The summed E-state index contributed by atoms with van der Waals surface area (Å²) in [5, 5.41) is 0. The average Bonchev–Trinajstić information content (AvgIpc) is 2.42. The largest absolute Gasteiger partial charge is 0.444 e. The second-order valence-corrected chi connectivity index (χ2v) is 5.64. The number of carbonyl (C=O) groups excluding carboxylic acids is 3. The van der Waals surface area contributed by atoms with Crippen LogP contribution < -0.4 is 0 Å². The zero-order valence-corrected chi connectivity index (χ0v) is 10.4. The molecule has 1 amide bonds. The molecule has 1 saturated heterocycles. The van der Waals surface area contributed by atoms with E-state index in [4.69, 9.17) is 4.74 Å². The lowest BCUT2D eigenvalue weighted by atomic mass is 9.99. The number of rotatable bonds is 0. The quantitative estimate of drug-likeness (QED) is 0.595. The van der Waals surface area contributed by atoms with E-state index in [1.807, 2.05) is 0 Å². The van der Waals surface area contributed by atoms with Gasteiger partial charge in [-0.05, 0) is 33.6 Å². The lowest BCUT2D eigenvalue weighted by molar-refractivity contribution is -0.136. The molecule has 0 spiro atoms. The maximum Gasteiger partial charge on any atom is 0.410 e. The Morgan fingerprint density at radius 2 is 1.94 bits per heavy atom. The Hall–Kier alpha value is -1.39. The van der Waals surface area contributed by atoms with Gasteiger partial charge in [0.05, 0.1) is 0 Å². The summed E-state index contributed by atoms with van der Waals surface area (Å²) in [4.78, 5) is 36.5. The van der Waals surface area contributed by atoms with Crippen molar-refractivity contribution in [2.45, 2.75) is 45.3 Å². The first kappa shape index (κ1) is 12.1. The third-order valence-corrected chi connectivity index (χ3v) is 3.15. The van der Waals surface area contributed by atoms with E-state index < -0.39 is 23.5 Å². The van der Waals surface area contributed by atoms with Crippen LogP contribution in [0.4, 0.5) is 4.79 Å². The Morgan fingerprint density at radius 1 is 1.29 bits per heavy atom. The molecule has 2 fully saturated rings. The number of piperidine rings is 1. The van der Waals surface area contributed by atoms with E-state index >= 15 is 0 Å². The number of hydrogen-bond acceptors (Lipinski definition) is 4. The van der Waals surface area contributed by atoms with Gasteiger partial charge in [0.25, 0.3) is 0 Å². The molecule has 2 aliphatic rings. The normalized spacial score (nSPS) is 28.5. The van der Waals surface area contributed by atoms with Gasteiger partial charge in [-0.1, -0.05) is 0 Å². The number of carbonyl (C=O) groups is 3. The van der Waals surface area contributed by atoms with Crippen LogP contribution in [0, 0.1) is 5.92 Å². The highest BCUT2D eigenvalue weighted by atomic mass is 16.6. The lowest BCUT2D eigenvalue weighted by Gasteiger charge is -2.33. The van der Waals surface area contributed by atoms with Crippen molar-refractivity contribution in [2.24, 2.45) is 5.92 Å². The van der Waals surface area contributed by atoms with E-state index in [0.717, 1.165) is 0 Å². The van der Waals surface area contributed by atoms with Gasteiger partial charge in [-0.3, -0.25) is 14.5 Å². The minimum absolute atomic E-state index is 0.175. The highest BCUT2D eigenvalue weighted by molar-refractivity contribution is 6.42. The van der Waals surface area contributed by atoms with Gasteiger partial charge in [-0.25, -0.2) is 4.79 Å². The number of fused-ring (bicyclic) bond motifs is 2. The van der Waals surface area contributed by atoms with Gasteiger partial charge in [0.2, 0.25) is 11.6 Å². The number of hydrogen-bond donors (Lipinski definition) is 0. The maximum atomic E-state index is 11.9. The summed E-state index contributed by atoms with van der Waals surface area (Å²) < 4.78 is 5.23. The SMILES string of the molecule is CC(C)(C)OC(=O)N1CC[C@H]2C[C@@H]1C(=O)C2=O. The summed E-state index contributed by atoms with van der Waals surface area (Å²) in [7, 11) is 0. The topological polar surface area (TPSA) is 63.7 Å². The van der Waals surface area contributed by atoms with Crippen LogP contribution in [0.25, 0.3) is 0 Å². The summed E-state index contributed by atoms with van der Waals surface area (Å²) in [5.41, 5.74) is -0.584. The van der Waals surface area contributed by atoms with Crippen molar-refractivity contribution in [1.29, 1.82) is 0 Å². The van der Waals surface area contributed by atoms with Crippen LogP contribution in [0.15, 0.2) is 0 Å². The predicted octanol–water partition coefficient (Wildman–Crippen LogP) is 1.15. The number of ketones is 2. The molecule has 0 N–H and O–H groups in total. The molecule has 1 aliphatic carbocycles. The summed E-state index contributed by atoms with van der Waals surface area (Å²) in [6.45, 7) is 5.76. The minimum atomic E-state index is -0.587. The molecule has 2 atom stereocenters. The van der Waals surface area contributed by atoms with Gasteiger partial charge in [-0.2, -0.15) is 0 Å². The zero-order valence-electron chi connectivity index (χ0n) is 10.4. The van der Waals surface area contributed by atoms with Crippen LogP contribution >= 0.6 is 0 Å². The maximum absolute atomic E-state index is 11.9. The van der Waals surface area contributed by atoms with Gasteiger partial charge >= 0.3 is 6.09 Å². The second-order valence-electron chi connectivity index (χ2n) is 5.64. The van der Waals surface area contributed by atoms with Gasteiger partial charge in [-0.15, -0.1) is 0 Å². The number of nitrogens with zero attached hydrogens (tertiary/aromatic N) is 1. The zero-order chi connectivity index (χ0) is 12.8. The molecule has 0 radical (unpaired) electrons.